The van der Waals surface area contributed by atoms with E-state index >= 15 is 0 Å². The zero-order valence-corrected chi connectivity index (χ0v) is 15.8. The number of ether oxygens (including phenoxy) is 1. The van der Waals surface area contributed by atoms with Gasteiger partial charge in [0.2, 0.25) is 0 Å². The second-order valence-electron chi connectivity index (χ2n) is 7.81. The molecule has 138 valence electrons. The van der Waals surface area contributed by atoms with Crippen molar-refractivity contribution in [3.8, 4) is 5.75 Å². The number of likely N-dealkylation sites (tertiary alicyclic amines) is 2. The van der Waals surface area contributed by atoms with Crippen molar-refractivity contribution < 1.29 is 9.53 Å². The molecule has 0 radical (unpaired) electrons. The molecular formula is C20H31N3O2. The summed E-state index contributed by atoms with van der Waals surface area (Å²) in [6.45, 7) is 6.81. The number of carbonyl (C=O) groups is 1. The average Bonchev–Trinajstić information content (AvgIpc) is 2.98. The smallest absolute Gasteiger partial charge is 0.317 e. The van der Waals surface area contributed by atoms with Crippen molar-refractivity contribution in [1.29, 1.82) is 0 Å². The maximum Gasteiger partial charge on any atom is 0.317 e. The fourth-order valence-corrected chi connectivity index (χ4v) is 4.41. The highest BCUT2D eigenvalue weighted by atomic mass is 16.5. The van der Waals surface area contributed by atoms with E-state index in [1.54, 1.807) is 7.11 Å². The topological polar surface area (TPSA) is 44.8 Å². The van der Waals surface area contributed by atoms with Gasteiger partial charge < -0.3 is 19.9 Å². The minimum absolute atomic E-state index is 0.0803. The van der Waals surface area contributed by atoms with Crippen molar-refractivity contribution >= 4 is 6.03 Å². The molecular weight excluding hydrogens is 314 g/mol. The third kappa shape index (κ3) is 4.27. The van der Waals surface area contributed by atoms with Crippen LogP contribution in [0.15, 0.2) is 18.2 Å². The highest BCUT2D eigenvalue weighted by Crippen LogP contribution is 2.38. The Morgan fingerprint density at radius 2 is 2.12 bits per heavy atom. The van der Waals surface area contributed by atoms with Crippen LogP contribution in [0.4, 0.5) is 4.79 Å². The lowest BCUT2D eigenvalue weighted by Gasteiger charge is -2.38. The van der Waals surface area contributed by atoms with E-state index in [0.717, 1.165) is 43.8 Å². The third-order valence-corrected chi connectivity index (χ3v) is 5.68. The number of methoxy groups -OCH3 is 1. The molecule has 2 amide bonds. The van der Waals surface area contributed by atoms with Crippen LogP contribution in [0.25, 0.3) is 0 Å². The van der Waals surface area contributed by atoms with Gasteiger partial charge in [-0.3, -0.25) is 0 Å². The van der Waals surface area contributed by atoms with Gasteiger partial charge in [-0.25, -0.2) is 4.79 Å². The molecule has 2 aliphatic rings. The summed E-state index contributed by atoms with van der Waals surface area (Å²) in [5, 5.41) is 3.09. The minimum Gasteiger partial charge on any atom is -0.496 e. The molecule has 5 nitrogen and oxygen atoms in total. The number of hydrogen-bond donors (Lipinski definition) is 1. The van der Waals surface area contributed by atoms with E-state index in [1.165, 1.54) is 24.9 Å². The Balaban J connectivity index is 1.50. The molecule has 1 unspecified atom stereocenters. The van der Waals surface area contributed by atoms with Crippen molar-refractivity contribution in [2.45, 2.75) is 32.6 Å². The summed E-state index contributed by atoms with van der Waals surface area (Å²) in [6, 6.07) is 6.26. The number of urea groups is 1. The lowest BCUT2D eigenvalue weighted by Crippen LogP contribution is -2.45. The van der Waals surface area contributed by atoms with E-state index in [1.807, 2.05) is 17.0 Å². The lowest BCUT2D eigenvalue weighted by atomic mass is 9.79. The molecule has 1 atom stereocenters. The number of piperidine rings is 1. The molecule has 1 spiro atoms. The molecule has 1 aromatic rings. The van der Waals surface area contributed by atoms with E-state index < -0.39 is 0 Å². The second kappa shape index (κ2) is 7.65. The lowest BCUT2D eigenvalue weighted by molar-refractivity contribution is 0.115. The molecule has 1 aromatic carbocycles. The van der Waals surface area contributed by atoms with Crippen LogP contribution in [0.1, 0.15) is 30.4 Å². The molecule has 1 N–H and O–H groups in total. The van der Waals surface area contributed by atoms with Crippen LogP contribution in [-0.4, -0.2) is 62.7 Å². The summed E-state index contributed by atoms with van der Waals surface area (Å²) in [5.41, 5.74) is 2.68. The summed E-state index contributed by atoms with van der Waals surface area (Å²) in [5.74, 6) is 0.894. The standard InChI is InChI=1S/C20H31N3O2/c1-16-5-6-18(25-3)17(13-16)7-10-21-19(24)23-12-9-20(15-23)8-4-11-22(2)14-20/h5-6,13H,4,7-12,14-15H2,1-3H3,(H,21,24). The largest absolute Gasteiger partial charge is 0.496 e. The van der Waals surface area contributed by atoms with Gasteiger partial charge >= 0.3 is 6.03 Å². The highest BCUT2D eigenvalue weighted by molar-refractivity contribution is 5.74. The van der Waals surface area contributed by atoms with Gasteiger partial charge in [0.15, 0.2) is 0 Å². The average molecular weight is 345 g/mol. The number of amides is 2. The van der Waals surface area contributed by atoms with Gasteiger partial charge in [0, 0.05) is 31.6 Å². The van der Waals surface area contributed by atoms with Gasteiger partial charge in [-0.2, -0.15) is 0 Å². The Bertz CT molecular complexity index is 619. The summed E-state index contributed by atoms with van der Waals surface area (Å²) in [7, 11) is 3.89. The van der Waals surface area contributed by atoms with Crippen molar-refractivity contribution in [3.63, 3.8) is 0 Å². The molecule has 0 bridgehead atoms. The Labute approximate surface area is 151 Å². The number of aryl methyl sites for hydroxylation is 1. The first-order chi connectivity index (χ1) is 12.0. The van der Waals surface area contributed by atoms with Gasteiger partial charge in [-0.15, -0.1) is 0 Å². The first-order valence-electron chi connectivity index (χ1n) is 9.36. The fraction of sp³-hybridized carbons (Fsp3) is 0.650. The first-order valence-corrected chi connectivity index (χ1v) is 9.36. The zero-order valence-electron chi connectivity index (χ0n) is 15.8. The number of hydrogen-bond acceptors (Lipinski definition) is 3. The summed E-state index contributed by atoms with van der Waals surface area (Å²) in [4.78, 5) is 17.0. The molecule has 2 heterocycles. The Morgan fingerprint density at radius 3 is 2.88 bits per heavy atom. The molecule has 3 rings (SSSR count). The molecule has 0 saturated carbocycles. The predicted octanol–water partition coefficient (Wildman–Crippen LogP) is 2.67. The van der Waals surface area contributed by atoms with Crippen LogP contribution in [-0.2, 0) is 6.42 Å². The molecule has 25 heavy (non-hydrogen) atoms. The number of rotatable bonds is 4. The minimum atomic E-state index is 0.0803. The Kier molecular flexibility index (Phi) is 5.52. The van der Waals surface area contributed by atoms with Crippen molar-refractivity contribution in [1.82, 2.24) is 15.1 Å². The number of carbonyl (C=O) groups excluding carboxylic acids is 1. The van der Waals surface area contributed by atoms with Crippen LogP contribution in [0.2, 0.25) is 0 Å². The molecule has 5 heteroatoms. The van der Waals surface area contributed by atoms with Crippen molar-refractivity contribution in [2.24, 2.45) is 5.41 Å². The van der Waals surface area contributed by atoms with E-state index in [0.29, 0.717) is 12.0 Å². The summed E-state index contributed by atoms with van der Waals surface area (Å²) < 4.78 is 5.42. The normalized spacial score (nSPS) is 23.9. The van der Waals surface area contributed by atoms with Gasteiger partial charge in [0.25, 0.3) is 0 Å². The second-order valence-corrected chi connectivity index (χ2v) is 7.81. The van der Waals surface area contributed by atoms with Gasteiger partial charge in [-0.1, -0.05) is 17.7 Å². The molecule has 0 aliphatic carbocycles. The number of benzene rings is 1. The van der Waals surface area contributed by atoms with Crippen LogP contribution in [0.3, 0.4) is 0 Å². The van der Waals surface area contributed by atoms with E-state index in [2.05, 4.69) is 30.3 Å². The molecule has 0 aromatic heterocycles. The predicted molar refractivity (Wildman–Crippen MR) is 100 cm³/mol. The molecule has 2 aliphatic heterocycles. The summed E-state index contributed by atoms with van der Waals surface area (Å²) in [6.07, 6.45) is 4.43. The van der Waals surface area contributed by atoms with E-state index in [4.69, 9.17) is 4.74 Å². The van der Waals surface area contributed by atoms with Gasteiger partial charge in [0.05, 0.1) is 7.11 Å². The van der Waals surface area contributed by atoms with Gasteiger partial charge in [-0.05, 0) is 57.8 Å². The van der Waals surface area contributed by atoms with Crippen LogP contribution >= 0.6 is 0 Å². The van der Waals surface area contributed by atoms with Crippen molar-refractivity contribution in [2.75, 3.05) is 46.9 Å². The zero-order chi connectivity index (χ0) is 17.9. The van der Waals surface area contributed by atoms with Crippen molar-refractivity contribution in [3.05, 3.63) is 29.3 Å². The van der Waals surface area contributed by atoms with Crippen LogP contribution in [0, 0.1) is 12.3 Å². The maximum atomic E-state index is 12.5. The fourth-order valence-electron chi connectivity index (χ4n) is 4.41. The molecule has 2 saturated heterocycles. The summed E-state index contributed by atoms with van der Waals surface area (Å²) >= 11 is 0. The van der Waals surface area contributed by atoms with E-state index in [9.17, 15) is 4.79 Å². The Morgan fingerprint density at radius 1 is 1.28 bits per heavy atom. The monoisotopic (exact) mass is 345 g/mol. The SMILES string of the molecule is COc1ccc(C)cc1CCNC(=O)N1CCC2(CCCN(C)C2)C1. The third-order valence-electron chi connectivity index (χ3n) is 5.68. The first kappa shape index (κ1) is 18.1. The van der Waals surface area contributed by atoms with Crippen LogP contribution < -0.4 is 10.1 Å². The van der Waals surface area contributed by atoms with Gasteiger partial charge in [0.1, 0.15) is 5.75 Å². The van der Waals surface area contributed by atoms with E-state index in [-0.39, 0.29) is 6.03 Å². The Hall–Kier alpha value is -1.75. The maximum absolute atomic E-state index is 12.5. The quantitative estimate of drug-likeness (QED) is 0.912. The van der Waals surface area contributed by atoms with Crippen LogP contribution in [0.5, 0.6) is 5.75 Å². The number of nitrogens with one attached hydrogen (secondary N) is 1. The number of nitrogens with zero attached hydrogens (tertiary/aromatic N) is 2. The molecule has 2 fully saturated rings. The highest BCUT2D eigenvalue weighted by Gasteiger charge is 2.41.